The Morgan fingerprint density at radius 3 is 2.63 bits per heavy atom. The van der Waals surface area contributed by atoms with Gasteiger partial charge in [0, 0.05) is 46.7 Å². The number of aromatic nitrogens is 2. The number of aryl methyl sites for hydroxylation is 1. The largest absolute Gasteiger partial charge is 0.497 e. The highest BCUT2D eigenvalue weighted by Gasteiger charge is 2.16. The Labute approximate surface area is 155 Å². The summed E-state index contributed by atoms with van der Waals surface area (Å²) in [5.41, 5.74) is 4.10. The molecule has 0 aliphatic heterocycles. The quantitative estimate of drug-likeness (QED) is 0.433. The highest BCUT2D eigenvalue weighted by atomic mass is 16.5. The first-order chi connectivity index (χ1) is 13.0. The van der Waals surface area contributed by atoms with Crippen molar-refractivity contribution >= 4 is 38.7 Å². The van der Waals surface area contributed by atoms with Crippen LogP contribution in [-0.4, -0.2) is 40.4 Å². The summed E-state index contributed by atoms with van der Waals surface area (Å²) >= 11 is 0. The smallest absolute Gasteiger partial charge is 0.404 e. The lowest BCUT2D eigenvalue weighted by molar-refractivity contribution is 0.197. The second kappa shape index (κ2) is 7.51. The van der Waals surface area contributed by atoms with Gasteiger partial charge in [-0.25, -0.2) is 4.79 Å². The summed E-state index contributed by atoms with van der Waals surface area (Å²) in [6, 6.07) is 7.94. The number of carbonyl (C=O) groups is 1. The molecule has 140 valence electrons. The monoisotopic (exact) mass is 367 g/mol. The standard InChI is InChI=1S/C18H16N2O2.C2H5NO2/c1-10-14-8-19-6-5-12(14)15(9-21)18-17(10)13-7-11(22-2)3-4-16(13)20-18;1-3-2(4)5/h3-8,20-21H,9H2,1-2H3;3H,1H3,(H,4,5). The first kappa shape index (κ1) is 18.5. The Bertz CT molecular complexity index is 1130. The van der Waals surface area contributed by atoms with E-state index in [0.717, 1.165) is 49.5 Å². The molecule has 0 aliphatic carbocycles. The molecule has 0 spiro atoms. The van der Waals surface area contributed by atoms with Crippen LogP contribution in [0.4, 0.5) is 4.79 Å². The van der Waals surface area contributed by atoms with Gasteiger partial charge in [-0.2, -0.15) is 0 Å². The summed E-state index contributed by atoms with van der Waals surface area (Å²) in [5.74, 6) is 0.824. The van der Waals surface area contributed by atoms with Crippen molar-refractivity contribution in [3.63, 3.8) is 0 Å². The van der Waals surface area contributed by atoms with E-state index in [1.165, 1.54) is 7.05 Å². The van der Waals surface area contributed by atoms with Gasteiger partial charge in [0.15, 0.2) is 0 Å². The number of nitrogens with zero attached hydrogens (tertiary/aromatic N) is 1. The molecule has 2 aromatic heterocycles. The van der Waals surface area contributed by atoms with Crippen molar-refractivity contribution < 1.29 is 19.7 Å². The zero-order chi connectivity index (χ0) is 19.6. The van der Waals surface area contributed by atoms with Gasteiger partial charge in [-0.05, 0) is 42.1 Å². The molecule has 0 saturated heterocycles. The number of benzene rings is 2. The molecular weight excluding hydrogens is 346 g/mol. The molecule has 0 bridgehead atoms. The van der Waals surface area contributed by atoms with E-state index in [-0.39, 0.29) is 6.61 Å². The molecule has 0 radical (unpaired) electrons. The molecule has 7 nitrogen and oxygen atoms in total. The normalized spacial score (nSPS) is 10.7. The number of rotatable bonds is 2. The minimum Gasteiger partial charge on any atom is -0.497 e. The van der Waals surface area contributed by atoms with E-state index in [0.29, 0.717) is 0 Å². The summed E-state index contributed by atoms with van der Waals surface area (Å²) in [4.78, 5) is 16.9. The molecule has 2 aromatic carbocycles. The van der Waals surface area contributed by atoms with Crippen LogP contribution in [0.15, 0.2) is 36.7 Å². The number of H-pyrrole nitrogens is 1. The third-order valence-corrected chi connectivity index (χ3v) is 4.60. The molecule has 27 heavy (non-hydrogen) atoms. The fourth-order valence-corrected chi connectivity index (χ4v) is 3.30. The van der Waals surface area contributed by atoms with Gasteiger partial charge in [0.2, 0.25) is 0 Å². The Morgan fingerprint density at radius 2 is 2.00 bits per heavy atom. The van der Waals surface area contributed by atoms with E-state index in [1.807, 2.05) is 35.8 Å². The summed E-state index contributed by atoms with van der Waals surface area (Å²) in [5, 5.41) is 23.8. The first-order valence-corrected chi connectivity index (χ1v) is 8.37. The van der Waals surface area contributed by atoms with Crippen LogP contribution < -0.4 is 10.1 Å². The molecule has 1 amide bonds. The molecule has 4 N–H and O–H groups in total. The van der Waals surface area contributed by atoms with Crippen LogP contribution in [0.25, 0.3) is 32.6 Å². The predicted molar refractivity (Wildman–Crippen MR) is 105 cm³/mol. The lowest BCUT2D eigenvalue weighted by atomic mass is 9.96. The van der Waals surface area contributed by atoms with Gasteiger partial charge in [0.1, 0.15) is 5.75 Å². The Morgan fingerprint density at radius 1 is 1.26 bits per heavy atom. The van der Waals surface area contributed by atoms with Crippen molar-refractivity contribution in [2.75, 3.05) is 14.2 Å². The minimum atomic E-state index is -0.995. The second-order valence-corrected chi connectivity index (χ2v) is 6.02. The van der Waals surface area contributed by atoms with Crippen LogP contribution in [-0.2, 0) is 6.61 Å². The molecule has 0 fully saturated rings. The lowest BCUT2D eigenvalue weighted by Gasteiger charge is -2.10. The van der Waals surface area contributed by atoms with Crippen molar-refractivity contribution in [1.29, 1.82) is 0 Å². The minimum absolute atomic E-state index is 0.0126. The lowest BCUT2D eigenvalue weighted by Crippen LogP contribution is -2.13. The summed E-state index contributed by atoms with van der Waals surface area (Å²) in [6.45, 7) is 2.08. The Balaban J connectivity index is 0.000000376. The van der Waals surface area contributed by atoms with Gasteiger partial charge in [-0.15, -0.1) is 0 Å². The number of aliphatic hydroxyl groups excluding tert-OH is 1. The number of nitrogens with one attached hydrogen (secondary N) is 2. The Kier molecular flexibility index (Phi) is 5.14. The average Bonchev–Trinajstić information content (AvgIpc) is 3.07. The first-order valence-electron chi connectivity index (χ1n) is 8.37. The number of pyridine rings is 1. The molecule has 0 saturated carbocycles. The molecule has 4 aromatic rings. The van der Waals surface area contributed by atoms with E-state index in [2.05, 4.69) is 16.9 Å². The van der Waals surface area contributed by atoms with Crippen molar-refractivity contribution in [2.24, 2.45) is 0 Å². The Hall–Kier alpha value is -3.32. The van der Waals surface area contributed by atoms with Crippen LogP contribution in [0.5, 0.6) is 5.75 Å². The molecule has 0 aliphatic rings. The van der Waals surface area contributed by atoms with E-state index < -0.39 is 6.09 Å². The van der Waals surface area contributed by atoms with E-state index in [4.69, 9.17) is 9.84 Å². The number of hydrogen-bond acceptors (Lipinski definition) is 4. The van der Waals surface area contributed by atoms with Crippen molar-refractivity contribution in [1.82, 2.24) is 15.3 Å². The third-order valence-electron chi connectivity index (χ3n) is 4.60. The summed E-state index contributed by atoms with van der Waals surface area (Å²) in [7, 11) is 3.02. The number of aliphatic hydroxyl groups is 1. The van der Waals surface area contributed by atoms with Crippen LogP contribution in [0.3, 0.4) is 0 Å². The molecule has 0 unspecified atom stereocenters. The van der Waals surface area contributed by atoms with Crippen molar-refractivity contribution in [3.8, 4) is 5.75 Å². The van der Waals surface area contributed by atoms with E-state index in [1.54, 1.807) is 13.3 Å². The second-order valence-electron chi connectivity index (χ2n) is 6.02. The van der Waals surface area contributed by atoms with Crippen LogP contribution >= 0.6 is 0 Å². The van der Waals surface area contributed by atoms with Gasteiger partial charge in [-0.3, -0.25) is 4.98 Å². The number of carboxylic acid groups (broad SMARTS) is 1. The SMILES string of the molecule is CNC(=O)O.COc1ccc2[nH]c3c(CO)c4ccncc4c(C)c3c2c1. The molecule has 0 atom stereocenters. The maximum absolute atomic E-state index is 9.89. The highest BCUT2D eigenvalue weighted by molar-refractivity contribution is 6.16. The van der Waals surface area contributed by atoms with Crippen molar-refractivity contribution in [3.05, 3.63) is 47.8 Å². The fourth-order valence-electron chi connectivity index (χ4n) is 3.30. The number of aromatic amines is 1. The average molecular weight is 367 g/mol. The maximum Gasteiger partial charge on any atom is 0.404 e. The summed E-state index contributed by atoms with van der Waals surface area (Å²) < 4.78 is 5.35. The summed E-state index contributed by atoms with van der Waals surface area (Å²) in [6.07, 6.45) is 2.63. The van der Waals surface area contributed by atoms with Gasteiger partial charge >= 0.3 is 6.09 Å². The van der Waals surface area contributed by atoms with Gasteiger partial charge in [0.25, 0.3) is 0 Å². The zero-order valence-corrected chi connectivity index (χ0v) is 15.3. The van der Waals surface area contributed by atoms with E-state index in [9.17, 15) is 9.90 Å². The number of fused-ring (bicyclic) bond motifs is 4. The maximum atomic E-state index is 9.89. The third kappa shape index (κ3) is 3.24. The molecular formula is C20H21N3O4. The van der Waals surface area contributed by atoms with Crippen LogP contribution in [0, 0.1) is 6.92 Å². The van der Waals surface area contributed by atoms with Crippen LogP contribution in [0.2, 0.25) is 0 Å². The molecule has 7 heteroatoms. The fraction of sp³-hybridized carbons (Fsp3) is 0.200. The number of amides is 1. The number of methoxy groups -OCH3 is 1. The number of hydrogen-bond donors (Lipinski definition) is 4. The number of ether oxygens (including phenoxy) is 1. The zero-order valence-electron chi connectivity index (χ0n) is 15.3. The van der Waals surface area contributed by atoms with Gasteiger partial charge < -0.3 is 25.3 Å². The van der Waals surface area contributed by atoms with Gasteiger partial charge in [-0.1, -0.05) is 0 Å². The van der Waals surface area contributed by atoms with Gasteiger partial charge in [0.05, 0.1) is 19.2 Å². The van der Waals surface area contributed by atoms with Crippen LogP contribution in [0.1, 0.15) is 11.1 Å². The highest BCUT2D eigenvalue weighted by Crippen LogP contribution is 2.37. The van der Waals surface area contributed by atoms with E-state index >= 15 is 0 Å². The molecule has 4 rings (SSSR count). The topological polar surface area (TPSA) is 107 Å². The van der Waals surface area contributed by atoms with Crippen molar-refractivity contribution in [2.45, 2.75) is 13.5 Å². The predicted octanol–water partition coefficient (Wildman–Crippen LogP) is 3.56. The molecule has 2 heterocycles.